The molecule has 0 unspecified atom stereocenters. The molecule has 2 heterocycles. The molecule has 0 atom stereocenters. The van der Waals surface area contributed by atoms with E-state index in [2.05, 4.69) is 4.98 Å². The van der Waals surface area contributed by atoms with Gasteiger partial charge >= 0.3 is 5.97 Å². The number of fused-ring (bicyclic) bond motifs is 1. The lowest BCUT2D eigenvalue weighted by Crippen LogP contribution is -2.22. The number of thioether (sulfide) groups is 1. The first kappa shape index (κ1) is 20.5. The Morgan fingerprint density at radius 2 is 1.97 bits per heavy atom. The van der Waals surface area contributed by atoms with Crippen LogP contribution in [0.1, 0.15) is 0 Å². The molecule has 0 saturated heterocycles. The molecule has 0 aliphatic rings. The van der Waals surface area contributed by atoms with Crippen molar-refractivity contribution in [3.05, 3.63) is 74.9 Å². The summed E-state index contributed by atoms with van der Waals surface area (Å²) in [6.45, 7) is 0. The third-order valence-electron chi connectivity index (χ3n) is 4.19. The van der Waals surface area contributed by atoms with Crippen molar-refractivity contribution in [2.45, 2.75) is 5.16 Å². The van der Waals surface area contributed by atoms with Gasteiger partial charge in [0.05, 0.1) is 16.8 Å². The van der Waals surface area contributed by atoms with E-state index in [0.29, 0.717) is 0 Å². The molecular weight excluding hydrogens is 454 g/mol. The molecule has 30 heavy (non-hydrogen) atoms. The summed E-state index contributed by atoms with van der Waals surface area (Å²) >= 11 is 8.16. The fourth-order valence-corrected chi connectivity index (χ4v) is 5.08. The summed E-state index contributed by atoms with van der Waals surface area (Å²) in [5.74, 6) is -2.59. The first-order chi connectivity index (χ1) is 14.4. The minimum atomic E-state index is -1.10. The number of aliphatic carboxylic acids is 1. The van der Waals surface area contributed by atoms with Crippen LogP contribution < -0.4 is 5.56 Å². The van der Waals surface area contributed by atoms with Crippen molar-refractivity contribution in [1.82, 2.24) is 9.55 Å². The van der Waals surface area contributed by atoms with E-state index >= 15 is 0 Å². The van der Waals surface area contributed by atoms with Crippen LogP contribution in [0.25, 0.3) is 27.0 Å². The number of carboxylic acid groups (broad SMARTS) is 1. The highest BCUT2D eigenvalue weighted by molar-refractivity contribution is 7.99. The van der Waals surface area contributed by atoms with Gasteiger partial charge in [-0.3, -0.25) is 14.2 Å². The van der Waals surface area contributed by atoms with E-state index in [1.807, 2.05) is 0 Å². The molecule has 0 spiro atoms. The Bertz CT molecular complexity index is 1350. The zero-order chi connectivity index (χ0) is 21.4. The van der Waals surface area contributed by atoms with Gasteiger partial charge in [-0.15, -0.1) is 11.3 Å². The first-order valence-corrected chi connectivity index (χ1v) is 10.7. The van der Waals surface area contributed by atoms with Crippen molar-refractivity contribution in [2.75, 3.05) is 5.75 Å². The highest BCUT2D eigenvalue weighted by atomic mass is 35.5. The highest BCUT2D eigenvalue weighted by Crippen LogP contribution is 2.41. The van der Waals surface area contributed by atoms with E-state index < -0.39 is 23.2 Å². The number of hydrogen-bond acceptors (Lipinski definition) is 5. The Hall–Kier alpha value is -2.75. The van der Waals surface area contributed by atoms with Gasteiger partial charge in [0, 0.05) is 11.1 Å². The molecule has 10 heteroatoms. The maximum atomic E-state index is 14.5. The molecule has 0 bridgehead atoms. The summed E-state index contributed by atoms with van der Waals surface area (Å²) in [7, 11) is 0. The summed E-state index contributed by atoms with van der Waals surface area (Å²) in [4.78, 5) is 29.2. The Kier molecular flexibility index (Phi) is 5.59. The number of halogens is 3. The summed E-state index contributed by atoms with van der Waals surface area (Å²) in [5.41, 5.74) is -0.0828. The van der Waals surface area contributed by atoms with Gasteiger partial charge < -0.3 is 5.11 Å². The SMILES string of the molecule is O=C(O)CSc1nc2sc(Cl)c(-c3ccccc3F)c2c(=O)n1-c1cccc(F)c1. The average molecular weight is 465 g/mol. The Balaban J connectivity index is 2.07. The van der Waals surface area contributed by atoms with Gasteiger partial charge in [0.25, 0.3) is 5.56 Å². The van der Waals surface area contributed by atoms with Gasteiger partial charge in [0.15, 0.2) is 5.16 Å². The minimum Gasteiger partial charge on any atom is -0.481 e. The van der Waals surface area contributed by atoms with Crippen LogP contribution in [0.15, 0.2) is 58.5 Å². The lowest BCUT2D eigenvalue weighted by Gasteiger charge is -2.12. The molecule has 0 amide bonds. The molecule has 0 fully saturated rings. The minimum absolute atomic E-state index is 0.0681. The number of carbonyl (C=O) groups is 1. The summed E-state index contributed by atoms with van der Waals surface area (Å²) in [6.07, 6.45) is 0. The quantitative estimate of drug-likeness (QED) is 0.324. The number of hydrogen-bond donors (Lipinski definition) is 1. The van der Waals surface area contributed by atoms with Crippen LogP contribution in [0, 0.1) is 11.6 Å². The summed E-state index contributed by atoms with van der Waals surface area (Å²) < 4.78 is 29.6. The largest absolute Gasteiger partial charge is 0.481 e. The fourth-order valence-electron chi connectivity index (χ4n) is 2.98. The van der Waals surface area contributed by atoms with Crippen LogP contribution >= 0.6 is 34.7 Å². The van der Waals surface area contributed by atoms with E-state index in [1.165, 1.54) is 36.4 Å². The number of benzene rings is 2. The van der Waals surface area contributed by atoms with E-state index in [4.69, 9.17) is 16.7 Å². The van der Waals surface area contributed by atoms with Gasteiger partial charge in [0.2, 0.25) is 0 Å². The predicted molar refractivity (Wildman–Crippen MR) is 114 cm³/mol. The number of carboxylic acids is 1. The van der Waals surface area contributed by atoms with Gasteiger partial charge in [0.1, 0.15) is 20.8 Å². The van der Waals surface area contributed by atoms with E-state index in [0.717, 1.165) is 33.7 Å². The van der Waals surface area contributed by atoms with Crippen LogP contribution in [-0.2, 0) is 4.79 Å². The molecule has 5 nitrogen and oxygen atoms in total. The number of nitrogens with zero attached hydrogens (tertiary/aromatic N) is 2. The molecule has 2 aromatic carbocycles. The van der Waals surface area contributed by atoms with E-state index in [-0.39, 0.29) is 42.3 Å². The molecule has 152 valence electrons. The second-order valence-corrected chi connectivity index (χ2v) is 8.65. The average Bonchev–Trinajstić information content (AvgIpc) is 3.02. The third-order valence-corrected chi connectivity index (χ3v) is 6.40. The molecule has 4 rings (SSSR count). The van der Waals surface area contributed by atoms with Crippen molar-refractivity contribution >= 4 is 50.9 Å². The summed E-state index contributed by atoms with van der Waals surface area (Å²) in [6, 6.07) is 11.2. The van der Waals surface area contributed by atoms with Crippen molar-refractivity contribution in [2.24, 2.45) is 0 Å². The first-order valence-electron chi connectivity index (χ1n) is 8.47. The standard InChI is InChI=1S/C20H11ClF2N2O3S2/c21-17-15(12-6-1-2-7-13(12)23)16-18(30-17)24-20(29-9-14(26)27)25(19(16)28)11-5-3-4-10(22)8-11/h1-8H,9H2,(H,26,27). The van der Waals surface area contributed by atoms with Crippen LogP contribution in [-0.4, -0.2) is 26.4 Å². The Morgan fingerprint density at radius 1 is 1.20 bits per heavy atom. The van der Waals surface area contributed by atoms with Gasteiger partial charge in [-0.1, -0.05) is 47.6 Å². The fraction of sp³-hybridized carbons (Fsp3) is 0.0500. The van der Waals surface area contributed by atoms with Gasteiger partial charge in [-0.2, -0.15) is 0 Å². The van der Waals surface area contributed by atoms with E-state index in [9.17, 15) is 18.4 Å². The number of rotatable bonds is 5. The summed E-state index contributed by atoms with van der Waals surface area (Å²) in [5, 5.41) is 9.18. The molecule has 0 aliphatic carbocycles. The van der Waals surface area contributed by atoms with Crippen LogP contribution in [0.5, 0.6) is 0 Å². The second kappa shape index (κ2) is 8.17. The lowest BCUT2D eigenvalue weighted by molar-refractivity contribution is -0.133. The van der Waals surface area contributed by atoms with Crippen molar-refractivity contribution in [3.8, 4) is 16.8 Å². The molecule has 2 aromatic heterocycles. The van der Waals surface area contributed by atoms with Gasteiger partial charge in [-0.05, 0) is 24.3 Å². The normalized spacial score (nSPS) is 11.2. The van der Waals surface area contributed by atoms with Crippen molar-refractivity contribution in [3.63, 3.8) is 0 Å². The monoisotopic (exact) mass is 464 g/mol. The Morgan fingerprint density at radius 3 is 2.67 bits per heavy atom. The third kappa shape index (κ3) is 3.71. The molecule has 0 saturated carbocycles. The lowest BCUT2D eigenvalue weighted by atomic mass is 10.1. The second-order valence-electron chi connectivity index (χ2n) is 6.11. The van der Waals surface area contributed by atoms with Crippen LogP contribution in [0.3, 0.4) is 0 Å². The van der Waals surface area contributed by atoms with Gasteiger partial charge in [-0.25, -0.2) is 13.8 Å². The maximum Gasteiger partial charge on any atom is 0.313 e. The van der Waals surface area contributed by atoms with Crippen molar-refractivity contribution < 1.29 is 18.7 Å². The Labute approximate surface area is 181 Å². The molecule has 1 N–H and O–H groups in total. The zero-order valence-corrected chi connectivity index (χ0v) is 17.3. The molecule has 0 aliphatic heterocycles. The highest BCUT2D eigenvalue weighted by Gasteiger charge is 2.23. The van der Waals surface area contributed by atoms with E-state index in [1.54, 1.807) is 6.07 Å². The number of aromatic nitrogens is 2. The van der Waals surface area contributed by atoms with Crippen LogP contribution in [0.2, 0.25) is 4.34 Å². The number of thiophene rings is 1. The maximum absolute atomic E-state index is 14.5. The topological polar surface area (TPSA) is 72.2 Å². The zero-order valence-electron chi connectivity index (χ0n) is 14.9. The van der Waals surface area contributed by atoms with Crippen LogP contribution in [0.4, 0.5) is 8.78 Å². The molecule has 0 radical (unpaired) electrons. The van der Waals surface area contributed by atoms with Crippen molar-refractivity contribution in [1.29, 1.82) is 0 Å². The molecule has 4 aromatic rings. The molecular formula is C20H11ClF2N2O3S2. The predicted octanol–water partition coefficient (Wildman–Crippen LogP) is 5.22. The smallest absolute Gasteiger partial charge is 0.313 e.